The Kier molecular flexibility index (Phi) is 4.69. The highest BCUT2D eigenvalue weighted by molar-refractivity contribution is 6.31. The lowest BCUT2D eigenvalue weighted by Gasteiger charge is -2.29. The highest BCUT2D eigenvalue weighted by atomic mass is 35.5. The number of hydrogen-bond acceptors (Lipinski definition) is 2. The number of rotatable bonds is 4. The number of carbonyl (C=O) groups excluding carboxylic acids is 1. The molecular weight excluding hydrogens is 298 g/mol. The summed E-state index contributed by atoms with van der Waals surface area (Å²) in [5, 5.41) is 5.10. The monoisotopic (exact) mass is 319 g/mol. The van der Waals surface area contributed by atoms with Crippen molar-refractivity contribution in [3.05, 3.63) is 35.0 Å². The van der Waals surface area contributed by atoms with Gasteiger partial charge in [0.25, 0.3) is 5.91 Å². The first kappa shape index (κ1) is 15.4. The van der Waals surface area contributed by atoms with Gasteiger partial charge in [-0.15, -0.1) is 0 Å². The Hall–Kier alpha value is -1.52. The fourth-order valence-corrected chi connectivity index (χ4v) is 3.30. The fraction of sp³-hybridized carbons (Fsp3) is 0.471. The molecule has 22 heavy (non-hydrogen) atoms. The number of hydrogen-bond donors (Lipinski definition) is 2. The molecule has 0 spiro atoms. The zero-order valence-corrected chi connectivity index (χ0v) is 13.6. The zero-order valence-electron chi connectivity index (χ0n) is 12.9. The molecule has 0 radical (unpaired) electrons. The normalized spacial score (nSPS) is 18.5. The number of nitrogens with one attached hydrogen (secondary N) is 2. The van der Waals surface area contributed by atoms with Crippen molar-refractivity contribution in [3.8, 4) is 0 Å². The number of aromatic amines is 1. The van der Waals surface area contributed by atoms with Crippen molar-refractivity contribution in [2.75, 3.05) is 26.2 Å². The fourth-order valence-electron chi connectivity index (χ4n) is 3.13. The van der Waals surface area contributed by atoms with Crippen LogP contribution in [0.3, 0.4) is 0 Å². The van der Waals surface area contributed by atoms with Gasteiger partial charge in [0, 0.05) is 29.0 Å². The molecule has 1 aromatic heterocycles. The van der Waals surface area contributed by atoms with E-state index < -0.39 is 0 Å². The molecule has 1 unspecified atom stereocenters. The van der Waals surface area contributed by atoms with E-state index in [2.05, 4.69) is 10.3 Å². The number of piperidine rings is 1. The molecule has 5 heteroatoms. The standard InChI is InChI=1S/C17H22ClN3O/c1-2-21(11-12-4-3-7-19-10-12)17(22)16-8-13-5-6-14(18)9-15(13)20-16/h5-6,8-9,12,19-20H,2-4,7,10-11H2,1H3. The van der Waals surface area contributed by atoms with E-state index in [1.807, 2.05) is 36.1 Å². The van der Waals surface area contributed by atoms with Crippen LogP contribution >= 0.6 is 11.6 Å². The maximum atomic E-state index is 12.7. The molecule has 1 amide bonds. The molecule has 1 aliphatic heterocycles. The smallest absolute Gasteiger partial charge is 0.270 e. The van der Waals surface area contributed by atoms with E-state index in [4.69, 9.17) is 11.6 Å². The molecule has 2 heterocycles. The lowest BCUT2D eigenvalue weighted by molar-refractivity contribution is 0.0724. The van der Waals surface area contributed by atoms with Gasteiger partial charge < -0.3 is 15.2 Å². The second-order valence-corrected chi connectivity index (χ2v) is 6.41. The van der Waals surface area contributed by atoms with Crippen LogP contribution < -0.4 is 5.32 Å². The first-order valence-electron chi connectivity index (χ1n) is 7.95. The summed E-state index contributed by atoms with van der Waals surface area (Å²) >= 11 is 6.00. The van der Waals surface area contributed by atoms with Gasteiger partial charge >= 0.3 is 0 Å². The lowest BCUT2D eigenvalue weighted by atomic mass is 9.99. The van der Waals surface area contributed by atoms with Gasteiger partial charge in [-0.3, -0.25) is 4.79 Å². The minimum atomic E-state index is 0.0698. The summed E-state index contributed by atoms with van der Waals surface area (Å²) in [7, 11) is 0. The number of aromatic nitrogens is 1. The number of benzene rings is 1. The average Bonchev–Trinajstić information content (AvgIpc) is 2.96. The van der Waals surface area contributed by atoms with Crippen molar-refractivity contribution >= 4 is 28.4 Å². The summed E-state index contributed by atoms with van der Waals surface area (Å²) in [5.74, 6) is 0.622. The van der Waals surface area contributed by atoms with Gasteiger partial charge in [0.05, 0.1) is 0 Å². The molecule has 1 aliphatic rings. The van der Waals surface area contributed by atoms with E-state index in [9.17, 15) is 4.79 Å². The summed E-state index contributed by atoms with van der Waals surface area (Å²) in [4.78, 5) is 17.9. The third-order valence-corrected chi connectivity index (χ3v) is 4.60. The van der Waals surface area contributed by atoms with E-state index in [1.165, 1.54) is 12.8 Å². The van der Waals surface area contributed by atoms with Crippen molar-refractivity contribution in [3.63, 3.8) is 0 Å². The van der Waals surface area contributed by atoms with Crippen molar-refractivity contribution in [1.82, 2.24) is 15.2 Å². The highest BCUT2D eigenvalue weighted by Crippen LogP contribution is 2.21. The Morgan fingerprint density at radius 1 is 1.41 bits per heavy atom. The van der Waals surface area contributed by atoms with Crippen molar-refractivity contribution in [2.24, 2.45) is 5.92 Å². The molecule has 2 N–H and O–H groups in total. The highest BCUT2D eigenvalue weighted by Gasteiger charge is 2.21. The predicted molar refractivity (Wildman–Crippen MR) is 90.5 cm³/mol. The van der Waals surface area contributed by atoms with Crippen LogP contribution in [0, 0.1) is 5.92 Å². The SMILES string of the molecule is CCN(CC1CCCNC1)C(=O)c1cc2ccc(Cl)cc2[nH]1. The quantitative estimate of drug-likeness (QED) is 0.908. The molecule has 1 fully saturated rings. The first-order valence-corrected chi connectivity index (χ1v) is 8.33. The van der Waals surface area contributed by atoms with Gasteiger partial charge in [-0.25, -0.2) is 0 Å². The minimum Gasteiger partial charge on any atom is -0.350 e. The Bertz CT molecular complexity index is 661. The van der Waals surface area contributed by atoms with Crippen molar-refractivity contribution in [2.45, 2.75) is 19.8 Å². The van der Waals surface area contributed by atoms with Crippen LogP contribution in [0.1, 0.15) is 30.3 Å². The molecule has 118 valence electrons. The van der Waals surface area contributed by atoms with Gasteiger partial charge in [0.15, 0.2) is 0 Å². The Morgan fingerprint density at radius 2 is 2.27 bits per heavy atom. The molecule has 1 aromatic carbocycles. The Balaban J connectivity index is 1.76. The van der Waals surface area contributed by atoms with Gasteiger partial charge in [0.2, 0.25) is 0 Å². The second-order valence-electron chi connectivity index (χ2n) is 5.97. The molecule has 4 nitrogen and oxygen atoms in total. The van der Waals surface area contributed by atoms with Crippen molar-refractivity contribution in [1.29, 1.82) is 0 Å². The third kappa shape index (κ3) is 3.28. The summed E-state index contributed by atoms with van der Waals surface area (Å²) < 4.78 is 0. The van der Waals surface area contributed by atoms with E-state index in [-0.39, 0.29) is 5.91 Å². The number of halogens is 1. The van der Waals surface area contributed by atoms with E-state index in [1.54, 1.807) is 0 Å². The van der Waals surface area contributed by atoms with Crippen LogP contribution in [0.5, 0.6) is 0 Å². The van der Waals surface area contributed by atoms with E-state index in [0.717, 1.165) is 37.1 Å². The second kappa shape index (κ2) is 6.71. The summed E-state index contributed by atoms with van der Waals surface area (Å²) in [6, 6.07) is 7.55. The average molecular weight is 320 g/mol. The molecule has 1 saturated heterocycles. The zero-order chi connectivity index (χ0) is 15.5. The summed E-state index contributed by atoms with van der Waals surface area (Å²) in [5.41, 5.74) is 1.55. The lowest BCUT2D eigenvalue weighted by Crippen LogP contribution is -2.41. The molecule has 1 atom stereocenters. The van der Waals surface area contributed by atoms with Gasteiger partial charge in [-0.1, -0.05) is 17.7 Å². The Morgan fingerprint density at radius 3 is 3.00 bits per heavy atom. The number of fused-ring (bicyclic) bond motifs is 1. The molecular formula is C17H22ClN3O. The number of H-pyrrole nitrogens is 1. The van der Waals surface area contributed by atoms with E-state index >= 15 is 0 Å². The molecule has 2 aromatic rings. The van der Waals surface area contributed by atoms with Crippen LogP contribution in [0.4, 0.5) is 0 Å². The third-order valence-electron chi connectivity index (χ3n) is 4.36. The predicted octanol–water partition coefficient (Wildman–Crippen LogP) is 3.28. The largest absolute Gasteiger partial charge is 0.350 e. The topological polar surface area (TPSA) is 48.1 Å². The summed E-state index contributed by atoms with van der Waals surface area (Å²) in [6.45, 7) is 5.68. The van der Waals surface area contributed by atoms with Crippen molar-refractivity contribution < 1.29 is 4.79 Å². The van der Waals surface area contributed by atoms with E-state index in [0.29, 0.717) is 16.6 Å². The Labute approximate surface area is 135 Å². The van der Waals surface area contributed by atoms with Gasteiger partial charge in [-0.2, -0.15) is 0 Å². The number of amides is 1. The summed E-state index contributed by atoms with van der Waals surface area (Å²) in [6.07, 6.45) is 2.39. The van der Waals surface area contributed by atoms with Gasteiger partial charge in [-0.05, 0) is 57.0 Å². The molecule has 0 bridgehead atoms. The maximum absolute atomic E-state index is 12.7. The number of carbonyl (C=O) groups is 1. The molecule has 3 rings (SSSR count). The first-order chi connectivity index (χ1) is 10.7. The van der Waals surface area contributed by atoms with Crippen LogP contribution in [0.2, 0.25) is 5.02 Å². The van der Waals surface area contributed by atoms with Crippen LogP contribution in [-0.4, -0.2) is 42.0 Å². The van der Waals surface area contributed by atoms with Crippen LogP contribution in [-0.2, 0) is 0 Å². The van der Waals surface area contributed by atoms with Gasteiger partial charge in [0.1, 0.15) is 5.69 Å². The van der Waals surface area contributed by atoms with Crippen LogP contribution in [0.15, 0.2) is 24.3 Å². The molecule has 0 aliphatic carbocycles. The van der Waals surface area contributed by atoms with Crippen LogP contribution in [0.25, 0.3) is 10.9 Å². The minimum absolute atomic E-state index is 0.0698. The maximum Gasteiger partial charge on any atom is 0.270 e. The number of nitrogens with zero attached hydrogens (tertiary/aromatic N) is 1. The molecule has 0 saturated carbocycles.